The summed E-state index contributed by atoms with van der Waals surface area (Å²) in [5.74, 6) is -0.244. The van der Waals surface area contributed by atoms with Crippen LogP contribution in [0.15, 0.2) is 47.4 Å². The molecule has 0 fully saturated rings. The second-order valence-electron chi connectivity index (χ2n) is 7.33. The first-order valence-electron chi connectivity index (χ1n) is 9.29. The lowest BCUT2D eigenvalue weighted by molar-refractivity contribution is 0.0986. The van der Waals surface area contributed by atoms with Gasteiger partial charge in [0.2, 0.25) is 0 Å². The molecule has 6 nitrogen and oxygen atoms in total. The lowest BCUT2D eigenvalue weighted by Gasteiger charge is -2.21. The third-order valence-electron chi connectivity index (χ3n) is 4.58. The summed E-state index contributed by atoms with van der Waals surface area (Å²) in [5, 5.41) is 0.628. The fraction of sp³-hybridized carbons (Fsp3) is 0.333. The Hall–Kier alpha value is -2.00. The summed E-state index contributed by atoms with van der Waals surface area (Å²) in [6.07, 6.45) is 1.92. The number of carbonyl (C=O) groups is 1. The van der Waals surface area contributed by atoms with E-state index < -0.39 is 9.84 Å². The molecule has 0 unspecified atom stereocenters. The van der Waals surface area contributed by atoms with Crippen LogP contribution in [0.3, 0.4) is 0 Å². The molecule has 0 radical (unpaired) electrons. The minimum absolute atomic E-state index is 0. The lowest BCUT2D eigenvalue weighted by atomic mass is 10.2. The zero-order chi connectivity index (χ0) is 21.2. The van der Waals surface area contributed by atoms with E-state index in [-0.39, 0.29) is 23.2 Å². The fourth-order valence-electron chi connectivity index (χ4n) is 3.03. The molecule has 162 valence electrons. The van der Waals surface area contributed by atoms with Crippen molar-refractivity contribution in [3.8, 4) is 0 Å². The van der Waals surface area contributed by atoms with Crippen molar-refractivity contribution in [2.24, 2.45) is 0 Å². The van der Waals surface area contributed by atoms with Crippen LogP contribution >= 0.6 is 23.7 Å². The highest BCUT2D eigenvalue weighted by atomic mass is 35.5. The van der Waals surface area contributed by atoms with E-state index in [1.165, 1.54) is 23.5 Å². The third kappa shape index (κ3) is 5.57. The van der Waals surface area contributed by atoms with Gasteiger partial charge in [-0.25, -0.2) is 13.4 Å². The Kier molecular flexibility index (Phi) is 7.99. The van der Waals surface area contributed by atoms with Gasteiger partial charge in [-0.2, -0.15) is 0 Å². The number of carbonyl (C=O) groups excluding carboxylic acids is 1. The highest BCUT2D eigenvalue weighted by molar-refractivity contribution is 7.90. The van der Waals surface area contributed by atoms with Gasteiger partial charge in [0.25, 0.3) is 5.91 Å². The monoisotopic (exact) mass is 467 g/mol. The molecule has 0 saturated heterocycles. The lowest BCUT2D eigenvalue weighted by Crippen LogP contribution is -2.33. The molecule has 0 aliphatic rings. The smallest absolute Gasteiger partial charge is 0.260 e. The van der Waals surface area contributed by atoms with Crippen LogP contribution in [0.25, 0.3) is 10.2 Å². The first kappa shape index (κ1) is 24.3. The number of rotatable bonds is 7. The largest absolute Gasteiger partial charge is 0.309 e. The zero-order valence-electron chi connectivity index (χ0n) is 17.5. The summed E-state index contributed by atoms with van der Waals surface area (Å²) in [4.78, 5) is 21.9. The van der Waals surface area contributed by atoms with Gasteiger partial charge < -0.3 is 4.90 Å². The number of aryl methyl sites for hydroxylation is 1. The van der Waals surface area contributed by atoms with E-state index >= 15 is 0 Å². The molecular weight excluding hydrogens is 442 g/mol. The van der Waals surface area contributed by atoms with E-state index in [4.69, 9.17) is 4.98 Å². The predicted octanol–water partition coefficient (Wildman–Crippen LogP) is 4.03. The van der Waals surface area contributed by atoms with Gasteiger partial charge in [-0.3, -0.25) is 9.69 Å². The molecule has 0 saturated carbocycles. The Balaban J connectivity index is 0.00000320. The van der Waals surface area contributed by atoms with E-state index in [2.05, 4.69) is 4.90 Å². The first-order valence-corrected chi connectivity index (χ1v) is 12.0. The number of anilines is 1. The second kappa shape index (κ2) is 9.87. The zero-order valence-corrected chi connectivity index (χ0v) is 19.9. The second-order valence-corrected chi connectivity index (χ2v) is 10.4. The normalized spacial score (nSPS) is 11.5. The molecule has 0 atom stereocenters. The molecule has 0 aliphatic carbocycles. The topological polar surface area (TPSA) is 70.6 Å². The van der Waals surface area contributed by atoms with Crippen LogP contribution in [-0.4, -0.2) is 57.6 Å². The van der Waals surface area contributed by atoms with Gasteiger partial charge in [0.15, 0.2) is 15.0 Å². The number of fused-ring (bicyclic) bond motifs is 1. The molecule has 1 amide bonds. The highest BCUT2D eigenvalue weighted by Gasteiger charge is 2.22. The quantitative estimate of drug-likeness (QED) is 0.524. The highest BCUT2D eigenvalue weighted by Crippen LogP contribution is 2.31. The summed E-state index contributed by atoms with van der Waals surface area (Å²) in [6.45, 7) is 3.33. The number of thiazole rings is 1. The molecule has 0 aliphatic heterocycles. The minimum atomic E-state index is -3.39. The molecular formula is C21H26ClN3O3S2. The molecule has 1 aromatic heterocycles. The maximum Gasteiger partial charge on any atom is 0.260 e. The van der Waals surface area contributed by atoms with Crippen LogP contribution in [0.1, 0.15) is 22.3 Å². The molecule has 1 heterocycles. The standard InChI is InChI=1S/C21H25N3O3S2.ClH/c1-15-8-5-11-18-19(15)22-21(28-18)24(13-7-12-23(2)3)20(25)16-9-6-10-17(14-16)29(4,26)27;/h5-6,8-11,14H,7,12-13H2,1-4H3;1H. The van der Waals surface area contributed by atoms with Gasteiger partial charge in [0, 0.05) is 18.4 Å². The summed E-state index contributed by atoms with van der Waals surface area (Å²) >= 11 is 1.47. The van der Waals surface area contributed by atoms with Gasteiger partial charge in [-0.15, -0.1) is 12.4 Å². The molecule has 9 heteroatoms. The molecule has 3 aromatic rings. The number of hydrogen-bond acceptors (Lipinski definition) is 6. The van der Waals surface area contributed by atoms with Crippen molar-refractivity contribution in [1.29, 1.82) is 0 Å². The van der Waals surface area contributed by atoms with Crippen LogP contribution in [0.4, 0.5) is 5.13 Å². The Morgan fingerprint density at radius 2 is 1.80 bits per heavy atom. The van der Waals surface area contributed by atoms with Crippen molar-refractivity contribution in [3.63, 3.8) is 0 Å². The van der Waals surface area contributed by atoms with Crippen LogP contribution in [0, 0.1) is 6.92 Å². The maximum atomic E-state index is 13.3. The molecule has 0 spiro atoms. The van der Waals surface area contributed by atoms with Crippen molar-refractivity contribution < 1.29 is 13.2 Å². The van der Waals surface area contributed by atoms with E-state index in [1.807, 2.05) is 39.2 Å². The minimum Gasteiger partial charge on any atom is -0.309 e. The van der Waals surface area contributed by atoms with E-state index in [0.29, 0.717) is 17.2 Å². The van der Waals surface area contributed by atoms with E-state index in [0.717, 1.165) is 35.0 Å². The Morgan fingerprint density at radius 3 is 2.43 bits per heavy atom. The van der Waals surface area contributed by atoms with Crippen LogP contribution in [0.5, 0.6) is 0 Å². The Labute approximate surface area is 187 Å². The number of aromatic nitrogens is 1. The van der Waals surface area contributed by atoms with Crippen molar-refractivity contribution in [2.45, 2.75) is 18.2 Å². The van der Waals surface area contributed by atoms with Gasteiger partial charge in [-0.05, 0) is 63.8 Å². The van der Waals surface area contributed by atoms with Gasteiger partial charge in [0.1, 0.15) is 0 Å². The van der Waals surface area contributed by atoms with Crippen LogP contribution in [-0.2, 0) is 9.84 Å². The third-order valence-corrected chi connectivity index (χ3v) is 6.74. The summed E-state index contributed by atoms with van der Waals surface area (Å²) in [7, 11) is 0.584. The SMILES string of the molecule is Cc1cccc2sc(N(CCCN(C)C)C(=O)c3cccc(S(C)(=O)=O)c3)nc12.Cl. The van der Waals surface area contributed by atoms with Crippen molar-refractivity contribution in [3.05, 3.63) is 53.6 Å². The van der Waals surface area contributed by atoms with Gasteiger partial charge in [0.05, 0.1) is 15.1 Å². The predicted molar refractivity (Wildman–Crippen MR) is 126 cm³/mol. The summed E-state index contributed by atoms with van der Waals surface area (Å²) in [5.41, 5.74) is 2.29. The number of amides is 1. The van der Waals surface area contributed by atoms with Crippen molar-refractivity contribution in [1.82, 2.24) is 9.88 Å². The van der Waals surface area contributed by atoms with Crippen molar-refractivity contribution in [2.75, 3.05) is 38.3 Å². The molecule has 2 aromatic carbocycles. The number of nitrogens with zero attached hydrogens (tertiary/aromatic N) is 3. The number of hydrogen-bond donors (Lipinski definition) is 0. The number of para-hydroxylation sites is 1. The van der Waals surface area contributed by atoms with Gasteiger partial charge >= 0.3 is 0 Å². The molecule has 3 rings (SSSR count). The number of sulfone groups is 1. The molecule has 30 heavy (non-hydrogen) atoms. The maximum absolute atomic E-state index is 13.3. The summed E-state index contributed by atoms with van der Waals surface area (Å²) in [6, 6.07) is 12.2. The van der Waals surface area contributed by atoms with Gasteiger partial charge in [-0.1, -0.05) is 29.5 Å². The van der Waals surface area contributed by atoms with Crippen LogP contribution in [0.2, 0.25) is 0 Å². The van der Waals surface area contributed by atoms with E-state index in [9.17, 15) is 13.2 Å². The number of halogens is 1. The average Bonchev–Trinajstić information content (AvgIpc) is 3.09. The Bertz CT molecular complexity index is 1140. The first-order chi connectivity index (χ1) is 13.7. The fourth-order valence-corrected chi connectivity index (χ4v) is 4.77. The molecule has 0 N–H and O–H groups in total. The summed E-state index contributed by atoms with van der Waals surface area (Å²) < 4.78 is 24.8. The molecule has 0 bridgehead atoms. The average molecular weight is 468 g/mol. The van der Waals surface area contributed by atoms with Crippen LogP contribution < -0.4 is 4.90 Å². The van der Waals surface area contributed by atoms with Crippen molar-refractivity contribution >= 4 is 54.8 Å². The Morgan fingerprint density at radius 1 is 1.10 bits per heavy atom. The van der Waals surface area contributed by atoms with E-state index in [1.54, 1.807) is 17.0 Å². The number of benzene rings is 2.